The summed E-state index contributed by atoms with van der Waals surface area (Å²) in [6.07, 6.45) is 4.00. The number of benzene rings is 3. The Hall–Kier alpha value is -3.12. The lowest BCUT2D eigenvalue weighted by Crippen LogP contribution is -2.26. The third-order valence-corrected chi connectivity index (χ3v) is 5.68. The molecule has 0 aromatic heterocycles. The van der Waals surface area contributed by atoms with Gasteiger partial charge in [0.25, 0.3) is 0 Å². The molecular formula is C29H30. The predicted octanol–water partition coefficient (Wildman–Crippen LogP) is 8.19. The maximum atomic E-state index is 4.18. The SMILES string of the molecule is C=CC1=C(C=C)C2(c3ccccc31)c1ccccc1-c1ccccc12.CC.CC. The Morgan fingerprint density at radius 3 is 1.34 bits per heavy atom. The Balaban J connectivity index is 0.000000568. The van der Waals surface area contributed by atoms with Crippen molar-refractivity contribution in [3.05, 3.63) is 126 Å². The Morgan fingerprint density at radius 2 is 0.931 bits per heavy atom. The molecule has 0 heterocycles. The van der Waals surface area contributed by atoms with Crippen molar-refractivity contribution in [3.63, 3.8) is 0 Å². The van der Waals surface area contributed by atoms with Crippen LogP contribution >= 0.6 is 0 Å². The van der Waals surface area contributed by atoms with E-state index < -0.39 is 0 Å². The molecule has 0 N–H and O–H groups in total. The molecule has 0 fully saturated rings. The summed E-state index contributed by atoms with van der Waals surface area (Å²) in [7, 11) is 0. The number of rotatable bonds is 2. The first kappa shape index (κ1) is 20.6. The van der Waals surface area contributed by atoms with Crippen molar-refractivity contribution in [2.45, 2.75) is 33.1 Å². The van der Waals surface area contributed by atoms with Gasteiger partial charge in [0.05, 0.1) is 5.41 Å². The van der Waals surface area contributed by atoms with E-state index in [4.69, 9.17) is 0 Å². The number of fused-ring (bicyclic) bond motifs is 7. The van der Waals surface area contributed by atoms with Crippen molar-refractivity contribution in [1.82, 2.24) is 0 Å². The van der Waals surface area contributed by atoms with Crippen molar-refractivity contribution in [3.8, 4) is 11.1 Å². The van der Waals surface area contributed by atoms with Crippen LogP contribution in [0, 0.1) is 0 Å². The molecule has 0 bridgehead atoms. The minimum absolute atomic E-state index is 0.283. The molecule has 0 unspecified atom stereocenters. The summed E-state index contributed by atoms with van der Waals surface area (Å²) in [5.74, 6) is 0. The fourth-order valence-electron chi connectivity index (χ4n) is 4.84. The number of allylic oxidation sites excluding steroid dienone is 4. The van der Waals surface area contributed by atoms with E-state index in [1.54, 1.807) is 0 Å². The van der Waals surface area contributed by atoms with Crippen molar-refractivity contribution in [2.24, 2.45) is 0 Å². The zero-order valence-electron chi connectivity index (χ0n) is 18.0. The van der Waals surface area contributed by atoms with Crippen molar-refractivity contribution >= 4 is 5.57 Å². The van der Waals surface area contributed by atoms with Gasteiger partial charge in [-0.25, -0.2) is 0 Å². The molecule has 1 spiro atoms. The fourth-order valence-corrected chi connectivity index (χ4v) is 4.84. The van der Waals surface area contributed by atoms with Gasteiger partial charge < -0.3 is 0 Å². The summed E-state index contributed by atoms with van der Waals surface area (Å²) in [5.41, 5.74) is 10.1. The summed E-state index contributed by atoms with van der Waals surface area (Å²) in [6, 6.07) is 26.2. The van der Waals surface area contributed by atoms with Crippen molar-refractivity contribution in [1.29, 1.82) is 0 Å². The molecule has 3 aromatic rings. The van der Waals surface area contributed by atoms with Gasteiger partial charge in [-0.1, -0.05) is 126 Å². The highest BCUT2D eigenvalue weighted by atomic mass is 14.5. The molecule has 0 nitrogen and oxygen atoms in total. The van der Waals surface area contributed by atoms with Gasteiger partial charge in [-0.3, -0.25) is 0 Å². The second-order valence-electron chi connectivity index (χ2n) is 6.62. The van der Waals surface area contributed by atoms with E-state index in [2.05, 4.69) is 86.0 Å². The van der Waals surface area contributed by atoms with E-state index >= 15 is 0 Å². The lowest BCUT2D eigenvalue weighted by molar-refractivity contribution is 0.787. The summed E-state index contributed by atoms with van der Waals surface area (Å²) >= 11 is 0. The molecule has 0 heteroatoms. The predicted molar refractivity (Wildman–Crippen MR) is 128 cm³/mol. The molecule has 5 rings (SSSR count). The average Bonchev–Trinajstić information content (AvgIpc) is 3.28. The van der Waals surface area contributed by atoms with Crippen LogP contribution in [-0.2, 0) is 5.41 Å². The highest BCUT2D eigenvalue weighted by molar-refractivity contribution is 5.97. The van der Waals surface area contributed by atoms with Gasteiger partial charge in [0.1, 0.15) is 0 Å². The molecule has 0 aliphatic heterocycles. The second-order valence-corrected chi connectivity index (χ2v) is 6.62. The van der Waals surface area contributed by atoms with E-state index in [0.29, 0.717) is 0 Å². The van der Waals surface area contributed by atoms with Crippen LogP contribution in [0.3, 0.4) is 0 Å². The summed E-state index contributed by atoms with van der Waals surface area (Å²) in [4.78, 5) is 0. The molecule has 0 saturated heterocycles. The van der Waals surface area contributed by atoms with Gasteiger partial charge in [-0.15, -0.1) is 0 Å². The van der Waals surface area contributed by atoms with Crippen LogP contribution in [0.5, 0.6) is 0 Å². The number of hydrogen-bond acceptors (Lipinski definition) is 0. The molecule has 2 aliphatic carbocycles. The quantitative estimate of drug-likeness (QED) is 0.421. The Morgan fingerprint density at radius 1 is 0.552 bits per heavy atom. The molecule has 0 atom stereocenters. The standard InChI is InChI=1S/C25H18.2C2H6/c1-3-17-18-11-5-8-14-22(18)25(21(17)4-2)23-15-9-6-12-19(23)20-13-7-10-16-24(20)25;2*1-2/h3-16H,1-2H2;2*1-2H3. The van der Waals surface area contributed by atoms with Gasteiger partial charge in [0, 0.05) is 0 Å². The highest BCUT2D eigenvalue weighted by Gasteiger charge is 2.51. The van der Waals surface area contributed by atoms with Gasteiger partial charge in [-0.2, -0.15) is 0 Å². The van der Waals surface area contributed by atoms with Crippen LogP contribution in [-0.4, -0.2) is 0 Å². The largest absolute Gasteiger partial charge is 0.0987 e. The Kier molecular flexibility index (Phi) is 6.03. The molecule has 29 heavy (non-hydrogen) atoms. The molecule has 2 aliphatic rings. The Labute approximate surface area is 175 Å². The maximum absolute atomic E-state index is 4.18. The second kappa shape index (κ2) is 8.49. The van der Waals surface area contributed by atoms with Crippen molar-refractivity contribution in [2.75, 3.05) is 0 Å². The molecule has 3 aromatic carbocycles. The highest BCUT2D eigenvalue weighted by Crippen LogP contribution is 2.61. The van der Waals surface area contributed by atoms with E-state index in [1.165, 1.54) is 44.5 Å². The molecule has 0 amide bonds. The van der Waals surface area contributed by atoms with Crippen LogP contribution in [0.2, 0.25) is 0 Å². The maximum Gasteiger partial charge on any atom is 0.0725 e. The molecular weight excluding hydrogens is 348 g/mol. The van der Waals surface area contributed by atoms with E-state index in [1.807, 2.05) is 39.8 Å². The number of hydrogen-bond donors (Lipinski definition) is 0. The van der Waals surface area contributed by atoms with Crippen LogP contribution in [0.4, 0.5) is 0 Å². The lowest BCUT2D eigenvalue weighted by Gasteiger charge is -2.31. The minimum atomic E-state index is -0.283. The van der Waals surface area contributed by atoms with E-state index in [-0.39, 0.29) is 5.41 Å². The van der Waals surface area contributed by atoms with Crippen molar-refractivity contribution < 1.29 is 0 Å². The zero-order chi connectivity index (χ0) is 21.0. The monoisotopic (exact) mass is 378 g/mol. The normalized spacial score (nSPS) is 13.9. The van der Waals surface area contributed by atoms with Crippen LogP contribution in [0.25, 0.3) is 16.7 Å². The third kappa shape index (κ3) is 2.67. The summed E-state index contributed by atoms with van der Waals surface area (Å²) in [6.45, 7) is 16.3. The molecule has 0 radical (unpaired) electrons. The summed E-state index contributed by atoms with van der Waals surface area (Å²) < 4.78 is 0. The first-order valence-corrected chi connectivity index (χ1v) is 10.6. The van der Waals surface area contributed by atoms with E-state index in [9.17, 15) is 0 Å². The first-order chi connectivity index (χ1) is 14.3. The van der Waals surface area contributed by atoms with Gasteiger partial charge in [-0.05, 0) is 44.5 Å². The average molecular weight is 379 g/mol. The Bertz CT molecular complexity index is 1030. The van der Waals surface area contributed by atoms with Crippen LogP contribution in [0.15, 0.2) is 104 Å². The minimum Gasteiger partial charge on any atom is -0.0987 e. The first-order valence-electron chi connectivity index (χ1n) is 10.6. The fraction of sp³-hybridized carbons (Fsp3) is 0.172. The van der Waals surface area contributed by atoms with Gasteiger partial charge >= 0.3 is 0 Å². The third-order valence-electron chi connectivity index (χ3n) is 5.68. The van der Waals surface area contributed by atoms with Crippen LogP contribution in [0.1, 0.15) is 49.9 Å². The topological polar surface area (TPSA) is 0 Å². The van der Waals surface area contributed by atoms with E-state index in [0.717, 1.165) is 0 Å². The van der Waals surface area contributed by atoms with Crippen LogP contribution < -0.4 is 0 Å². The molecule has 0 saturated carbocycles. The lowest BCUT2D eigenvalue weighted by atomic mass is 9.69. The smallest absolute Gasteiger partial charge is 0.0725 e. The zero-order valence-corrected chi connectivity index (χ0v) is 18.0. The molecule has 146 valence electrons. The summed E-state index contributed by atoms with van der Waals surface area (Å²) in [5, 5.41) is 0. The van der Waals surface area contributed by atoms with Gasteiger partial charge in [0.15, 0.2) is 0 Å². The van der Waals surface area contributed by atoms with Gasteiger partial charge in [0.2, 0.25) is 0 Å².